The summed E-state index contributed by atoms with van der Waals surface area (Å²) in [4.78, 5) is 13.7. The van der Waals surface area contributed by atoms with Crippen molar-refractivity contribution in [1.82, 2.24) is 4.90 Å². The Morgan fingerprint density at radius 1 is 1.37 bits per heavy atom. The molecule has 2 aliphatic rings. The van der Waals surface area contributed by atoms with Gasteiger partial charge in [-0.05, 0) is 34.6 Å². The van der Waals surface area contributed by atoms with E-state index in [0.29, 0.717) is 13.1 Å². The summed E-state index contributed by atoms with van der Waals surface area (Å²) in [5.41, 5.74) is -0.487. The van der Waals surface area contributed by atoms with Gasteiger partial charge in [-0.1, -0.05) is 12.2 Å². The van der Waals surface area contributed by atoms with E-state index in [1.54, 1.807) is 4.90 Å². The predicted octanol–water partition coefficient (Wildman–Crippen LogP) is 2.31. The van der Waals surface area contributed by atoms with E-state index in [2.05, 4.69) is 0 Å². The Morgan fingerprint density at radius 2 is 2.05 bits per heavy atom. The molecule has 19 heavy (non-hydrogen) atoms. The Bertz CT molecular complexity index is 383. The third-order valence-electron chi connectivity index (χ3n) is 2.93. The minimum Gasteiger partial charge on any atom is -0.444 e. The second kappa shape index (κ2) is 4.80. The molecule has 0 bridgehead atoms. The topological polar surface area (TPSA) is 48.0 Å². The first kappa shape index (κ1) is 14.3. The van der Waals surface area contributed by atoms with Gasteiger partial charge in [-0.25, -0.2) is 4.79 Å². The molecule has 2 rings (SSSR count). The van der Waals surface area contributed by atoms with E-state index < -0.39 is 11.4 Å². The smallest absolute Gasteiger partial charge is 0.410 e. The Morgan fingerprint density at radius 3 is 2.68 bits per heavy atom. The number of hydrogen-bond donors (Lipinski definition) is 0. The fraction of sp³-hybridized carbons (Fsp3) is 0.786. The second-order valence-electron chi connectivity index (χ2n) is 6.45. The lowest BCUT2D eigenvalue weighted by atomic mass is 10.2. The van der Waals surface area contributed by atoms with Crippen molar-refractivity contribution < 1.29 is 19.0 Å². The number of fused-ring (bicyclic) bond motifs is 1. The van der Waals surface area contributed by atoms with Gasteiger partial charge in [-0.15, -0.1) is 0 Å². The van der Waals surface area contributed by atoms with Crippen molar-refractivity contribution in [3.63, 3.8) is 0 Å². The number of hydrogen-bond acceptors (Lipinski definition) is 4. The highest BCUT2D eigenvalue weighted by Crippen LogP contribution is 2.30. The van der Waals surface area contributed by atoms with Gasteiger partial charge in [0.05, 0.1) is 6.54 Å². The molecule has 1 saturated heterocycles. The second-order valence-corrected chi connectivity index (χ2v) is 6.45. The maximum atomic E-state index is 12.1. The van der Waals surface area contributed by atoms with Crippen molar-refractivity contribution in [2.24, 2.45) is 0 Å². The molecule has 0 aromatic carbocycles. The van der Waals surface area contributed by atoms with E-state index in [9.17, 15) is 4.79 Å². The largest absolute Gasteiger partial charge is 0.444 e. The van der Waals surface area contributed by atoms with Crippen LogP contribution in [0.2, 0.25) is 0 Å². The fourth-order valence-electron chi connectivity index (χ4n) is 2.26. The number of nitrogens with zero attached hydrogens (tertiary/aromatic N) is 1. The zero-order chi connectivity index (χ0) is 14.3. The van der Waals surface area contributed by atoms with Crippen LogP contribution in [-0.2, 0) is 14.2 Å². The number of carbonyl (C=O) groups is 1. The molecular formula is C14H23NO4. The SMILES string of the molecule is CC(C)(C)OC(=O)N1CC=C[C@H]2OC(C)(C)O[C@H]2C1. The maximum Gasteiger partial charge on any atom is 0.410 e. The summed E-state index contributed by atoms with van der Waals surface area (Å²) in [5.74, 6) is -0.601. The summed E-state index contributed by atoms with van der Waals surface area (Å²) < 4.78 is 17.0. The predicted molar refractivity (Wildman–Crippen MR) is 70.8 cm³/mol. The molecule has 0 aromatic heterocycles. The quantitative estimate of drug-likeness (QED) is 0.633. The molecule has 1 fully saturated rings. The average Bonchev–Trinajstić information content (AvgIpc) is 2.39. The summed E-state index contributed by atoms with van der Waals surface area (Å²) in [5, 5.41) is 0. The summed E-state index contributed by atoms with van der Waals surface area (Å²) in [7, 11) is 0. The van der Waals surface area contributed by atoms with Crippen LogP contribution < -0.4 is 0 Å². The van der Waals surface area contributed by atoms with Crippen LogP contribution in [0.3, 0.4) is 0 Å². The average molecular weight is 269 g/mol. The molecule has 5 heteroatoms. The van der Waals surface area contributed by atoms with Gasteiger partial charge < -0.3 is 19.1 Å². The molecule has 0 N–H and O–H groups in total. The van der Waals surface area contributed by atoms with Crippen molar-refractivity contribution in [1.29, 1.82) is 0 Å². The van der Waals surface area contributed by atoms with E-state index >= 15 is 0 Å². The first-order valence-corrected chi connectivity index (χ1v) is 6.66. The van der Waals surface area contributed by atoms with Crippen LogP contribution in [0, 0.1) is 0 Å². The van der Waals surface area contributed by atoms with Gasteiger partial charge in [0.25, 0.3) is 0 Å². The molecule has 108 valence electrons. The normalized spacial score (nSPS) is 29.8. The maximum absolute atomic E-state index is 12.1. The molecule has 0 unspecified atom stereocenters. The molecular weight excluding hydrogens is 246 g/mol. The highest BCUT2D eigenvalue weighted by Gasteiger charge is 2.42. The van der Waals surface area contributed by atoms with Gasteiger partial charge in [0.15, 0.2) is 5.79 Å². The van der Waals surface area contributed by atoms with Crippen molar-refractivity contribution in [3.8, 4) is 0 Å². The molecule has 0 spiro atoms. The minimum absolute atomic E-state index is 0.0950. The molecule has 2 atom stereocenters. The van der Waals surface area contributed by atoms with Crippen LogP contribution in [0.15, 0.2) is 12.2 Å². The first-order chi connectivity index (χ1) is 8.66. The van der Waals surface area contributed by atoms with Gasteiger partial charge in [0, 0.05) is 6.54 Å². The summed E-state index contributed by atoms with van der Waals surface area (Å²) in [6.45, 7) is 10.4. The van der Waals surface area contributed by atoms with Crippen LogP contribution in [0.5, 0.6) is 0 Å². The van der Waals surface area contributed by atoms with Crippen LogP contribution in [0.4, 0.5) is 4.79 Å². The lowest BCUT2D eigenvalue weighted by Gasteiger charge is -2.28. The Labute approximate surface area is 114 Å². The van der Waals surface area contributed by atoms with Gasteiger partial charge >= 0.3 is 6.09 Å². The lowest BCUT2D eigenvalue weighted by molar-refractivity contribution is -0.144. The molecule has 0 aliphatic carbocycles. The molecule has 2 aliphatic heterocycles. The van der Waals surface area contributed by atoms with Gasteiger partial charge in [0.2, 0.25) is 0 Å². The van der Waals surface area contributed by atoms with Crippen molar-refractivity contribution >= 4 is 6.09 Å². The molecule has 2 heterocycles. The number of ether oxygens (including phenoxy) is 3. The molecule has 1 amide bonds. The Hall–Kier alpha value is -1.07. The van der Waals surface area contributed by atoms with Crippen molar-refractivity contribution in [3.05, 3.63) is 12.2 Å². The zero-order valence-corrected chi connectivity index (χ0v) is 12.3. The lowest BCUT2D eigenvalue weighted by Crippen LogP contribution is -2.42. The van der Waals surface area contributed by atoms with E-state index in [1.807, 2.05) is 46.8 Å². The zero-order valence-electron chi connectivity index (χ0n) is 12.3. The summed E-state index contributed by atoms with van der Waals surface area (Å²) >= 11 is 0. The van der Waals surface area contributed by atoms with Gasteiger partial charge in [-0.2, -0.15) is 0 Å². The summed E-state index contributed by atoms with van der Waals surface area (Å²) in [6, 6.07) is 0. The Balaban J connectivity index is 2.03. The van der Waals surface area contributed by atoms with Crippen LogP contribution in [0.1, 0.15) is 34.6 Å². The van der Waals surface area contributed by atoms with E-state index in [4.69, 9.17) is 14.2 Å². The standard InChI is InChI=1S/C14H23NO4/c1-13(2,3)19-12(16)15-8-6-7-10-11(9-15)18-14(4,5)17-10/h6-7,10-11H,8-9H2,1-5H3/t10-,11+/m1/s1. The third-order valence-corrected chi connectivity index (χ3v) is 2.93. The van der Waals surface area contributed by atoms with E-state index in [0.717, 1.165) is 0 Å². The van der Waals surface area contributed by atoms with E-state index in [-0.39, 0.29) is 18.3 Å². The third kappa shape index (κ3) is 3.70. The molecule has 5 nitrogen and oxygen atoms in total. The van der Waals surface area contributed by atoms with Crippen LogP contribution in [0.25, 0.3) is 0 Å². The van der Waals surface area contributed by atoms with Crippen LogP contribution >= 0.6 is 0 Å². The molecule has 0 saturated carbocycles. The van der Waals surface area contributed by atoms with Crippen molar-refractivity contribution in [2.75, 3.05) is 13.1 Å². The van der Waals surface area contributed by atoms with Gasteiger partial charge in [-0.3, -0.25) is 0 Å². The molecule has 0 aromatic rings. The molecule has 0 radical (unpaired) electrons. The van der Waals surface area contributed by atoms with Crippen molar-refractivity contribution in [2.45, 2.75) is 58.2 Å². The number of carbonyl (C=O) groups excluding carboxylic acids is 1. The van der Waals surface area contributed by atoms with Crippen LogP contribution in [-0.4, -0.2) is 47.7 Å². The number of rotatable bonds is 0. The Kier molecular flexibility index (Phi) is 3.62. The van der Waals surface area contributed by atoms with E-state index in [1.165, 1.54) is 0 Å². The summed E-state index contributed by atoms with van der Waals surface area (Å²) in [6.07, 6.45) is 3.35. The number of amides is 1. The first-order valence-electron chi connectivity index (χ1n) is 6.66. The highest BCUT2D eigenvalue weighted by atomic mass is 16.8. The monoisotopic (exact) mass is 269 g/mol. The van der Waals surface area contributed by atoms with Gasteiger partial charge in [0.1, 0.15) is 17.8 Å². The fourth-order valence-corrected chi connectivity index (χ4v) is 2.26. The highest BCUT2D eigenvalue weighted by molar-refractivity contribution is 5.68. The minimum atomic E-state index is -0.601.